The van der Waals surface area contributed by atoms with Crippen LogP contribution in [0.2, 0.25) is 0 Å². The van der Waals surface area contributed by atoms with E-state index in [0.717, 1.165) is 11.3 Å². The Kier molecular flexibility index (Phi) is 5.83. The number of hydrogen-bond donors (Lipinski definition) is 2. The molecule has 0 aliphatic carbocycles. The van der Waals surface area contributed by atoms with Gasteiger partial charge in [-0.05, 0) is 24.5 Å². The van der Waals surface area contributed by atoms with Crippen LogP contribution in [0.1, 0.15) is 25.8 Å². The average Bonchev–Trinajstić information content (AvgIpc) is 2.39. The number of amides is 1. The molecule has 106 valence electrons. The largest absolute Gasteiger partial charge is 0.496 e. The van der Waals surface area contributed by atoms with Gasteiger partial charge in [-0.1, -0.05) is 32.0 Å². The van der Waals surface area contributed by atoms with E-state index in [1.165, 1.54) is 0 Å². The van der Waals surface area contributed by atoms with Crippen LogP contribution in [0.5, 0.6) is 5.75 Å². The number of rotatable bonds is 7. The minimum Gasteiger partial charge on any atom is -0.496 e. The first-order chi connectivity index (χ1) is 9.01. The lowest BCUT2D eigenvalue weighted by Gasteiger charge is -2.24. The second-order valence-corrected chi connectivity index (χ2v) is 5.21. The maximum absolute atomic E-state index is 12.1. The van der Waals surface area contributed by atoms with Crippen molar-refractivity contribution < 1.29 is 14.6 Å². The molecule has 19 heavy (non-hydrogen) atoms. The summed E-state index contributed by atoms with van der Waals surface area (Å²) >= 11 is 0. The summed E-state index contributed by atoms with van der Waals surface area (Å²) in [4.78, 5) is 12.1. The Labute approximate surface area is 114 Å². The van der Waals surface area contributed by atoms with Gasteiger partial charge in [-0.2, -0.15) is 0 Å². The van der Waals surface area contributed by atoms with Crippen LogP contribution in [0.3, 0.4) is 0 Å². The van der Waals surface area contributed by atoms with Gasteiger partial charge in [0.1, 0.15) is 5.75 Å². The van der Waals surface area contributed by atoms with Crippen molar-refractivity contribution in [3.63, 3.8) is 0 Å². The van der Waals surface area contributed by atoms with Crippen LogP contribution in [0.15, 0.2) is 24.3 Å². The molecule has 0 heterocycles. The molecule has 0 aliphatic heterocycles. The molecule has 0 spiro atoms. The molecule has 1 aromatic rings. The van der Waals surface area contributed by atoms with E-state index in [4.69, 9.17) is 9.84 Å². The topological polar surface area (TPSA) is 58.6 Å². The highest BCUT2D eigenvalue weighted by Gasteiger charge is 2.28. The van der Waals surface area contributed by atoms with Gasteiger partial charge in [0, 0.05) is 18.6 Å². The van der Waals surface area contributed by atoms with E-state index in [1.807, 2.05) is 38.1 Å². The third kappa shape index (κ3) is 4.56. The van der Waals surface area contributed by atoms with E-state index in [-0.39, 0.29) is 12.5 Å². The van der Waals surface area contributed by atoms with Crippen LogP contribution < -0.4 is 10.1 Å². The molecule has 0 bridgehead atoms. The molecule has 2 N–H and O–H groups in total. The van der Waals surface area contributed by atoms with Crippen molar-refractivity contribution in [3.8, 4) is 5.75 Å². The number of aliphatic hydroxyl groups is 1. The van der Waals surface area contributed by atoms with E-state index in [2.05, 4.69) is 5.32 Å². The molecular formula is C15H23NO3. The van der Waals surface area contributed by atoms with Crippen LogP contribution in [0.25, 0.3) is 0 Å². The normalized spacial score (nSPS) is 11.2. The summed E-state index contributed by atoms with van der Waals surface area (Å²) in [7, 11) is 1.63. The molecular weight excluding hydrogens is 242 g/mol. The fourth-order valence-electron chi connectivity index (χ4n) is 1.93. The maximum Gasteiger partial charge on any atom is 0.225 e. The predicted molar refractivity (Wildman–Crippen MR) is 75.2 cm³/mol. The van der Waals surface area contributed by atoms with Gasteiger partial charge in [-0.25, -0.2) is 0 Å². The first kappa shape index (κ1) is 15.5. The highest BCUT2D eigenvalue weighted by molar-refractivity contribution is 5.82. The van der Waals surface area contributed by atoms with Crippen molar-refractivity contribution in [1.29, 1.82) is 0 Å². The van der Waals surface area contributed by atoms with Gasteiger partial charge in [0.05, 0.1) is 7.11 Å². The summed E-state index contributed by atoms with van der Waals surface area (Å²) in [5.41, 5.74) is 0.511. The van der Waals surface area contributed by atoms with Gasteiger partial charge in [0.25, 0.3) is 0 Å². The molecule has 1 rings (SSSR count). The number of nitrogens with one attached hydrogen (secondary N) is 1. The lowest BCUT2D eigenvalue weighted by atomic mass is 9.84. The summed E-state index contributed by atoms with van der Waals surface area (Å²) in [5, 5.41) is 11.6. The quantitative estimate of drug-likeness (QED) is 0.739. The number of para-hydroxylation sites is 1. The van der Waals surface area contributed by atoms with Crippen molar-refractivity contribution >= 4 is 5.91 Å². The number of carbonyl (C=O) groups excluding carboxylic acids is 1. The first-order valence-corrected chi connectivity index (χ1v) is 6.52. The van der Waals surface area contributed by atoms with E-state index in [1.54, 1.807) is 7.11 Å². The fraction of sp³-hybridized carbons (Fsp3) is 0.533. The second-order valence-electron chi connectivity index (χ2n) is 5.21. The molecule has 0 atom stereocenters. The Morgan fingerprint density at radius 2 is 2.05 bits per heavy atom. The smallest absolute Gasteiger partial charge is 0.225 e. The summed E-state index contributed by atoms with van der Waals surface area (Å²) in [6, 6.07) is 7.73. The second kappa shape index (κ2) is 7.14. The van der Waals surface area contributed by atoms with Gasteiger partial charge in [0.2, 0.25) is 5.91 Å². The molecule has 0 unspecified atom stereocenters. The standard InChI is InChI=1S/C15H23NO3/c1-15(2,14(18)16-9-6-10-17)11-12-7-4-5-8-13(12)19-3/h4-5,7-8,17H,6,9-11H2,1-3H3,(H,16,18). The van der Waals surface area contributed by atoms with Gasteiger partial charge >= 0.3 is 0 Å². The van der Waals surface area contributed by atoms with Crippen LogP contribution in [0, 0.1) is 5.41 Å². The highest BCUT2D eigenvalue weighted by Crippen LogP contribution is 2.27. The van der Waals surface area contributed by atoms with Gasteiger partial charge < -0.3 is 15.2 Å². The summed E-state index contributed by atoms with van der Waals surface area (Å²) in [5.74, 6) is 0.797. The predicted octanol–water partition coefficient (Wildman–Crippen LogP) is 1.76. The molecule has 0 saturated heterocycles. The highest BCUT2D eigenvalue weighted by atomic mass is 16.5. The van der Waals surface area contributed by atoms with Crippen molar-refractivity contribution in [2.24, 2.45) is 5.41 Å². The van der Waals surface area contributed by atoms with Gasteiger partial charge in [-0.15, -0.1) is 0 Å². The van der Waals surface area contributed by atoms with Gasteiger partial charge in [0.15, 0.2) is 0 Å². The summed E-state index contributed by atoms with van der Waals surface area (Å²) in [6.07, 6.45) is 1.19. The zero-order valence-corrected chi connectivity index (χ0v) is 11.9. The number of hydrogen-bond acceptors (Lipinski definition) is 3. The summed E-state index contributed by atoms with van der Waals surface area (Å²) in [6.45, 7) is 4.42. The Hall–Kier alpha value is -1.55. The SMILES string of the molecule is COc1ccccc1CC(C)(C)C(=O)NCCCO. The van der Waals surface area contributed by atoms with E-state index >= 15 is 0 Å². The van der Waals surface area contributed by atoms with Crippen molar-refractivity contribution in [3.05, 3.63) is 29.8 Å². The third-order valence-corrected chi connectivity index (χ3v) is 3.06. The summed E-state index contributed by atoms with van der Waals surface area (Å²) < 4.78 is 5.30. The Bertz CT molecular complexity index is 416. The molecule has 4 nitrogen and oxygen atoms in total. The molecule has 0 aromatic heterocycles. The zero-order chi connectivity index (χ0) is 14.3. The minimum absolute atomic E-state index is 0.00754. The van der Waals surface area contributed by atoms with Crippen molar-refractivity contribution in [1.82, 2.24) is 5.32 Å². The number of aliphatic hydroxyl groups excluding tert-OH is 1. The Morgan fingerprint density at radius 3 is 2.68 bits per heavy atom. The molecule has 0 fully saturated rings. The lowest BCUT2D eigenvalue weighted by Crippen LogP contribution is -2.39. The average molecular weight is 265 g/mol. The monoisotopic (exact) mass is 265 g/mol. The van der Waals surface area contributed by atoms with E-state index < -0.39 is 5.41 Å². The van der Waals surface area contributed by atoms with E-state index in [0.29, 0.717) is 19.4 Å². The molecule has 0 saturated carbocycles. The zero-order valence-electron chi connectivity index (χ0n) is 11.9. The van der Waals surface area contributed by atoms with Crippen molar-refractivity contribution in [2.75, 3.05) is 20.3 Å². The van der Waals surface area contributed by atoms with Crippen LogP contribution in [0.4, 0.5) is 0 Å². The van der Waals surface area contributed by atoms with Crippen LogP contribution in [-0.2, 0) is 11.2 Å². The molecule has 1 aromatic carbocycles. The first-order valence-electron chi connectivity index (χ1n) is 6.52. The third-order valence-electron chi connectivity index (χ3n) is 3.06. The Morgan fingerprint density at radius 1 is 1.37 bits per heavy atom. The number of methoxy groups -OCH3 is 1. The Balaban J connectivity index is 2.69. The molecule has 1 amide bonds. The minimum atomic E-state index is -0.510. The van der Waals surface area contributed by atoms with Crippen LogP contribution in [-0.4, -0.2) is 31.3 Å². The van der Waals surface area contributed by atoms with Crippen LogP contribution >= 0.6 is 0 Å². The number of benzene rings is 1. The number of carbonyl (C=O) groups is 1. The van der Waals surface area contributed by atoms with Crippen molar-refractivity contribution in [2.45, 2.75) is 26.7 Å². The fourth-order valence-corrected chi connectivity index (χ4v) is 1.93. The molecule has 4 heteroatoms. The molecule has 0 radical (unpaired) electrons. The lowest BCUT2D eigenvalue weighted by molar-refractivity contribution is -0.129. The van der Waals surface area contributed by atoms with Gasteiger partial charge in [-0.3, -0.25) is 4.79 Å². The maximum atomic E-state index is 12.1. The number of ether oxygens (including phenoxy) is 1. The molecule has 0 aliphatic rings. The van der Waals surface area contributed by atoms with E-state index in [9.17, 15) is 4.79 Å².